The minimum absolute atomic E-state index is 0.0212. The van der Waals surface area contributed by atoms with Gasteiger partial charge in [-0.3, -0.25) is 33.5 Å². The van der Waals surface area contributed by atoms with Gasteiger partial charge in [0.1, 0.15) is 18.2 Å². The van der Waals surface area contributed by atoms with Crippen LogP contribution >= 0.6 is 0 Å². The molecule has 1 saturated carbocycles. The number of nitrogens with one attached hydrogen (secondary N) is 3. The number of benzene rings is 1. The van der Waals surface area contributed by atoms with Crippen molar-refractivity contribution in [1.29, 1.82) is 0 Å². The molecule has 4 fully saturated rings. The second kappa shape index (κ2) is 17.9. The van der Waals surface area contributed by atoms with E-state index in [0.29, 0.717) is 53.6 Å². The number of amides is 3. The summed E-state index contributed by atoms with van der Waals surface area (Å²) < 4.78 is 46.2. The van der Waals surface area contributed by atoms with E-state index in [9.17, 15) is 28.0 Å². The van der Waals surface area contributed by atoms with E-state index in [2.05, 4.69) is 47.9 Å². The van der Waals surface area contributed by atoms with Crippen molar-refractivity contribution in [2.24, 2.45) is 13.0 Å². The maximum Gasteiger partial charge on any atom is 0.329 e. The van der Waals surface area contributed by atoms with Gasteiger partial charge in [-0.15, -0.1) is 0 Å². The number of aromatic nitrogens is 7. The third kappa shape index (κ3) is 8.51. The first-order valence-electron chi connectivity index (χ1n) is 21.3. The number of halogens is 2. The monoisotopic (exact) mass is 853 g/mol. The number of aryl methyl sites for hydroxylation is 1. The second-order valence-electron chi connectivity index (χ2n) is 16.6. The molecule has 2 atom stereocenters. The Hall–Kier alpha value is -5.81. The van der Waals surface area contributed by atoms with Crippen LogP contribution in [-0.4, -0.2) is 108 Å². The third-order valence-electron chi connectivity index (χ3n) is 12.6. The Morgan fingerprint density at radius 3 is 2.66 bits per heavy atom. The molecular formula is C43H49F2N11O6. The first kappa shape index (κ1) is 41.5. The summed E-state index contributed by atoms with van der Waals surface area (Å²) >= 11 is 0. The Morgan fingerprint density at radius 2 is 1.90 bits per heavy atom. The number of morpholine rings is 1. The Kier molecular flexibility index (Phi) is 12.0. The Bertz CT molecular complexity index is 2600. The molecule has 326 valence electrons. The number of hydrogen-bond acceptors (Lipinski definition) is 11. The fourth-order valence-electron chi connectivity index (χ4n) is 9.31. The number of imide groups is 1. The molecule has 1 aromatic carbocycles. The van der Waals surface area contributed by atoms with E-state index in [1.165, 1.54) is 26.0 Å². The number of piperidine rings is 2. The van der Waals surface area contributed by atoms with E-state index in [0.717, 1.165) is 58.2 Å². The molecule has 62 heavy (non-hydrogen) atoms. The van der Waals surface area contributed by atoms with Crippen LogP contribution in [0.25, 0.3) is 16.7 Å². The Balaban J connectivity index is 0.748. The lowest BCUT2D eigenvalue weighted by Crippen LogP contribution is -2.44. The standard InChI is InChI=1S/C43H49F2N11O6/c1-52-38-27(4-2-6-34(38)56(43(52)60)35-11-12-36(57)50-42(35)59)5-3-20-62-29-13-17-53(18-14-29)23-26-7-9-28(10-8-26)55-24-32(37(51-55)39(44)45)49-41(58)30-22-47-54-19-15-31(48-40(30)54)33-25-61-21-16-46-33/h2,4,6,15,19,22,24,26,28-29,33,35,39,46H,7-14,16-18,20-21,23,25H2,1H3,(H,49,58)(H,50,57,59). The van der Waals surface area contributed by atoms with Gasteiger partial charge in [-0.05, 0) is 69.1 Å². The predicted molar refractivity (Wildman–Crippen MR) is 222 cm³/mol. The average molecular weight is 854 g/mol. The van der Waals surface area contributed by atoms with Gasteiger partial charge in [0, 0.05) is 52.0 Å². The van der Waals surface area contributed by atoms with Crippen molar-refractivity contribution in [2.75, 3.05) is 51.3 Å². The smallest absolute Gasteiger partial charge is 0.329 e. The number of rotatable bonds is 10. The SMILES string of the molecule is Cn1c(=O)n(C2CCC(=O)NC2=O)c2cccc(C#CCOC3CCN(CC4CCC(n5cc(NC(=O)c6cnn7ccc(C8COCCN8)nc67)c(C(F)F)n5)CC4)CC3)c21. The average Bonchev–Trinajstić information content (AvgIpc) is 3.98. The van der Waals surface area contributed by atoms with Gasteiger partial charge in [0.05, 0.1) is 65.6 Å². The molecule has 9 rings (SSSR count). The highest BCUT2D eigenvalue weighted by Crippen LogP contribution is 2.36. The summed E-state index contributed by atoms with van der Waals surface area (Å²) in [4.78, 5) is 58.1. The van der Waals surface area contributed by atoms with Crippen molar-refractivity contribution in [3.05, 3.63) is 75.9 Å². The predicted octanol–water partition coefficient (Wildman–Crippen LogP) is 3.67. The number of fused-ring (bicyclic) bond motifs is 2. The van der Waals surface area contributed by atoms with Crippen LogP contribution in [0.3, 0.4) is 0 Å². The summed E-state index contributed by atoms with van der Waals surface area (Å²) in [6, 6.07) is 6.30. The van der Waals surface area contributed by atoms with E-state index in [-0.39, 0.29) is 60.5 Å². The van der Waals surface area contributed by atoms with Crippen LogP contribution in [0.4, 0.5) is 14.5 Å². The molecule has 0 bridgehead atoms. The fourth-order valence-corrected chi connectivity index (χ4v) is 9.31. The highest BCUT2D eigenvalue weighted by atomic mass is 19.3. The van der Waals surface area contributed by atoms with E-state index in [4.69, 9.17) is 9.47 Å². The van der Waals surface area contributed by atoms with Crippen LogP contribution in [0, 0.1) is 17.8 Å². The zero-order chi connectivity index (χ0) is 42.9. The van der Waals surface area contributed by atoms with E-state index in [1.54, 1.807) is 30.1 Å². The second-order valence-corrected chi connectivity index (χ2v) is 16.6. The largest absolute Gasteiger partial charge is 0.378 e. The first-order valence-corrected chi connectivity index (χ1v) is 21.3. The molecule has 3 N–H and O–H groups in total. The molecule has 2 unspecified atom stereocenters. The number of hydrogen-bond donors (Lipinski definition) is 3. The third-order valence-corrected chi connectivity index (χ3v) is 12.6. The van der Waals surface area contributed by atoms with Crippen LogP contribution in [0.2, 0.25) is 0 Å². The van der Waals surface area contributed by atoms with Crippen LogP contribution in [-0.2, 0) is 26.1 Å². The summed E-state index contributed by atoms with van der Waals surface area (Å²) in [7, 11) is 1.66. The van der Waals surface area contributed by atoms with E-state index in [1.807, 2.05) is 12.1 Å². The zero-order valence-electron chi connectivity index (χ0n) is 34.4. The number of anilines is 1. The van der Waals surface area contributed by atoms with Crippen molar-refractivity contribution >= 4 is 40.1 Å². The maximum atomic E-state index is 14.2. The molecule has 3 aliphatic heterocycles. The molecular weight excluding hydrogens is 805 g/mol. The lowest BCUT2D eigenvalue weighted by Gasteiger charge is -2.36. The highest BCUT2D eigenvalue weighted by molar-refractivity contribution is 6.08. The van der Waals surface area contributed by atoms with Crippen LogP contribution in [0.1, 0.15) is 103 Å². The summed E-state index contributed by atoms with van der Waals surface area (Å²) in [5.41, 5.74) is 2.25. The normalized spacial score (nSPS) is 22.8. The highest BCUT2D eigenvalue weighted by Gasteiger charge is 2.33. The minimum atomic E-state index is -2.87. The molecule has 5 aromatic rings. The number of ether oxygens (including phenoxy) is 2. The zero-order valence-corrected chi connectivity index (χ0v) is 34.4. The Labute approximate surface area is 355 Å². The molecule has 3 amide bonds. The molecule has 17 nitrogen and oxygen atoms in total. The van der Waals surface area contributed by atoms with Crippen LogP contribution in [0.5, 0.6) is 0 Å². The van der Waals surface area contributed by atoms with Gasteiger partial charge < -0.3 is 25.0 Å². The quantitative estimate of drug-likeness (QED) is 0.138. The summed E-state index contributed by atoms with van der Waals surface area (Å²) in [6.07, 6.45) is 7.50. The molecule has 4 aromatic heterocycles. The first-order chi connectivity index (χ1) is 30.1. The molecule has 0 radical (unpaired) electrons. The number of alkyl halides is 2. The molecule has 0 spiro atoms. The molecule has 7 heterocycles. The lowest BCUT2D eigenvalue weighted by molar-refractivity contribution is -0.135. The van der Waals surface area contributed by atoms with Gasteiger partial charge in [-0.1, -0.05) is 17.9 Å². The Morgan fingerprint density at radius 1 is 1.08 bits per heavy atom. The van der Waals surface area contributed by atoms with Crippen molar-refractivity contribution < 1.29 is 32.6 Å². The number of carbonyl (C=O) groups excluding carboxylic acids is 3. The number of carbonyl (C=O) groups is 3. The number of imidazole rings is 1. The van der Waals surface area contributed by atoms with Gasteiger partial charge in [0.15, 0.2) is 11.3 Å². The van der Waals surface area contributed by atoms with Gasteiger partial charge >= 0.3 is 5.69 Å². The van der Waals surface area contributed by atoms with Crippen molar-refractivity contribution in [3.8, 4) is 11.8 Å². The maximum absolute atomic E-state index is 14.2. The van der Waals surface area contributed by atoms with Crippen molar-refractivity contribution in [3.63, 3.8) is 0 Å². The summed E-state index contributed by atoms with van der Waals surface area (Å²) in [5, 5.41) is 16.9. The topological polar surface area (TPSA) is 184 Å². The van der Waals surface area contributed by atoms with Crippen LogP contribution < -0.4 is 21.6 Å². The van der Waals surface area contributed by atoms with Gasteiger partial charge in [-0.2, -0.15) is 10.2 Å². The van der Waals surface area contributed by atoms with Gasteiger partial charge in [0.2, 0.25) is 11.8 Å². The number of likely N-dealkylation sites (tertiary alicyclic amines) is 1. The minimum Gasteiger partial charge on any atom is -0.378 e. The van der Waals surface area contributed by atoms with Crippen LogP contribution in [0.15, 0.2) is 47.7 Å². The van der Waals surface area contributed by atoms with Crippen molar-refractivity contribution in [2.45, 2.75) is 82.0 Å². The van der Waals surface area contributed by atoms with E-state index < -0.39 is 30.0 Å². The summed E-state index contributed by atoms with van der Waals surface area (Å²) in [6.45, 7) is 4.76. The fraction of sp³-hybridized carbons (Fsp3) is 0.512. The number of para-hydroxylation sites is 1. The van der Waals surface area contributed by atoms with E-state index >= 15 is 0 Å². The van der Waals surface area contributed by atoms with Gasteiger partial charge in [-0.25, -0.2) is 23.1 Å². The molecule has 3 saturated heterocycles. The molecule has 4 aliphatic rings. The number of nitrogens with zero attached hydrogens (tertiary/aromatic N) is 8. The van der Waals surface area contributed by atoms with Gasteiger partial charge in [0.25, 0.3) is 12.3 Å². The summed E-state index contributed by atoms with van der Waals surface area (Å²) in [5.74, 6) is 5.35. The van der Waals surface area contributed by atoms with Crippen molar-refractivity contribution in [1.82, 2.24) is 49.0 Å². The molecule has 19 heteroatoms. The molecule has 1 aliphatic carbocycles. The lowest BCUT2D eigenvalue weighted by atomic mass is 9.85.